The van der Waals surface area contributed by atoms with Gasteiger partial charge in [0.25, 0.3) is 0 Å². The lowest BCUT2D eigenvalue weighted by Crippen LogP contribution is -2.24. The quantitative estimate of drug-likeness (QED) is 0.784. The summed E-state index contributed by atoms with van der Waals surface area (Å²) < 4.78 is 7.55. The second-order valence-corrected chi connectivity index (χ2v) is 5.53. The van der Waals surface area contributed by atoms with Gasteiger partial charge in [-0.15, -0.1) is 11.3 Å². The maximum atomic E-state index is 5.55. The van der Waals surface area contributed by atoms with E-state index in [4.69, 9.17) is 4.42 Å². The van der Waals surface area contributed by atoms with Crippen molar-refractivity contribution in [1.82, 2.24) is 19.9 Å². The fourth-order valence-electron chi connectivity index (χ4n) is 2.12. The summed E-state index contributed by atoms with van der Waals surface area (Å²) in [5, 5.41) is 3.50. The molecule has 1 atom stereocenters. The van der Waals surface area contributed by atoms with Crippen molar-refractivity contribution in [1.29, 1.82) is 0 Å². The van der Waals surface area contributed by atoms with Gasteiger partial charge in [-0.05, 0) is 19.1 Å². The second kappa shape index (κ2) is 5.60. The topological polar surface area (TPSA) is 55.9 Å². The Balaban J connectivity index is 1.84. The predicted molar refractivity (Wildman–Crippen MR) is 77.4 cm³/mol. The smallest absolute Gasteiger partial charge is 0.133 e. The number of nitrogens with zero attached hydrogens (tertiary/aromatic N) is 3. The van der Waals surface area contributed by atoms with Gasteiger partial charge < -0.3 is 8.98 Å². The van der Waals surface area contributed by atoms with E-state index in [9.17, 15) is 0 Å². The van der Waals surface area contributed by atoms with Crippen LogP contribution in [0.1, 0.15) is 28.2 Å². The summed E-state index contributed by atoms with van der Waals surface area (Å²) in [6, 6.07) is 3.79. The van der Waals surface area contributed by atoms with E-state index in [0.717, 1.165) is 23.8 Å². The third-order valence-electron chi connectivity index (χ3n) is 3.26. The summed E-state index contributed by atoms with van der Waals surface area (Å²) in [4.78, 5) is 9.93. The number of hydrogen-bond donors (Lipinski definition) is 1. The van der Waals surface area contributed by atoms with E-state index in [1.807, 2.05) is 42.4 Å². The lowest BCUT2D eigenvalue weighted by Gasteiger charge is -2.16. The van der Waals surface area contributed by atoms with Crippen molar-refractivity contribution >= 4 is 11.3 Å². The highest BCUT2D eigenvalue weighted by molar-refractivity contribution is 7.09. The van der Waals surface area contributed by atoms with Crippen LogP contribution in [0, 0.1) is 6.92 Å². The minimum atomic E-state index is -0.0634. The lowest BCUT2D eigenvalue weighted by molar-refractivity contribution is 0.430. The molecule has 3 aromatic heterocycles. The van der Waals surface area contributed by atoms with Crippen LogP contribution in [-0.2, 0) is 13.6 Å². The number of furan rings is 1. The molecule has 0 bridgehead atoms. The highest BCUT2D eigenvalue weighted by atomic mass is 32.1. The monoisotopic (exact) mass is 288 g/mol. The normalized spacial score (nSPS) is 12.7. The van der Waals surface area contributed by atoms with Crippen molar-refractivity contribution in [2.24, 2.45) is 7.05 Å². The molecule has 0 aliphatic heterocycles. The van der Waals surface area contributed by atoms with Gasteiger partial charge in [-0.1, -0.05) is 0 Å². The molecule has 6 heteroatoms. The number of thiazole rings is 1. The molecule has 0 amide bonds. The van der Waals surface area contributed by atoms with E-state index >= 15 is 0 Å². The number of aryl methyl sites for hydroxylation is 2. The van der Waals surface area contributed by atoms with Crippen molar-refractivity contribution in [2.45, 2.75) is 19.5 Å². The van der Waals surface area contributed by atoms with Crippen molar-refractivity contribution in [2.75, 3.05) is 0 Å². The van der Waals surface area contributed by atoms with Gasteiger partial charge in [-0.25, -0.2) is 9.97 Å². The van der Waals surface area contributed by atoms with Crippen molar-refractivity contribution in [3.63, 3.8) is 0 Å². The Labute approximate surface area is 121 Å². The van der Waals surface area contributed by atoms with E-state index in [0.29, 0.717) is 0 Å². The van der Waals surface area contributed by atoms with Crippen LogP contribution < -0.4 is 5.32 Å². The minimum Gasteiger partial charge on any atom is -0.467 e. The molecule has 1 N–H and O–H groups in total. The number of aromatic nitrogens is 3. The zero-order chi connectivity index (χ0) is 13.9. The van der Waals surface area contributed by atoms with Crippen LogP contribution in [0.2, 0.25) is 0 Å². The standard InChI is InChI=1S/C14H16N4OS/c1-10-12(20-9-17-10)8-16-13(11-4-3-7-19-11)14-15-5-6-18(14)2/h3-7,9,13,16H,8H2,1-2H3. The van der Waals surface area contributed by atoms with Gasteiger partial charge in [-0.2, -0.15) is 0 Å². The van der Waals surface area contributed by atoms with Crippen molar-refractivity contribution in [3.8, 4) is 0 Å². The number of hydrogen-bond acceptors (Lipinski definition) is 5. The summed E-state index contributed by atoms with van der Waals surface area (Å²) >= 11 is 1.66. The first-order valence-corrected chi connectivity index (χ1v) is 7.26. The zero-order valence-electron chi connectivity index (χ0n) is 11.4. The molecular formula is C14H16N4OS. The zero-order valence-corrected chi connectivity index (χ0v) is 12.2. The molecule has 0 aliphatic carbocycles. The van der Waals surface area contributed by atoms with Crippen molar-refractivity contribution < 1.29 is 4.42 Å². The number of rotatable bonds is 5. The Bertz CT molecular complexity index is 671. The molecule has 3 rings (SSSR count). The SMILES string of the molecule is Cc1ncsc1CNC(c1ccco1)c1nccn1C. The van der Waals surface area contributed by atoms with E-state index in [2.05, 4.69) is 15.3 Å². The third-order valence-corrected chi connectivity index (χ3v) is 4.19. The Morgan fingerprint density at radius 2 is 2.35 bits per heavy atom. The molecule has 0 fully saturated rings. The largest absolute Gasteiger partial charge is 0.467 e. The number of imidazole rings is 1. The fraction of sp³-hybridized carbons (Fsp3) is 0.286. The van der Waals surface area contributed by atoms with Crippen LogP contribution >= 0.6 is 11.3 Å². The molecule has 1 unspecified atom stereocenters. The van der Waals surface area contributed by atoms with Gasteiger partial charge in [0.15, 0.2) is 0 Å². The van der Waals surface area contributed by atoms with Gasteiger partial charge >= 0.3 is 0 Å². The summed E-state index contributed by atoms with van der Waals surface area (Å²) in [5.74, 6) is 1.79. The maximum Gasteiger partial charge on any atom is 0.133 e. The summed E-state index contributed by atoms with van der Waals surface area (Å²) in [6.07, 6.45) is 5.42. The molecule has 0 saturated carbocycles. The van der Waals surface area contributed by atoms with E-state index < -0.39 is 0 Å². The molecule has 0 spiro atoms. The van der Waals surface area contributed by atoms with Crippen LogP contribution in [0.3, 0.4) is 0 Å². The third kappa shape index (κ3) is 2.52. The van der Waals surface area contributed by atoms with E-state index in [1.54, 1.807) is 23.8 Å². The highest BCUT2D eigenvalue weighted by Gasteiger charge is 2.20. The lowest BCUT2D eigenvalue weighted by atomic mass is 10.2. The fourth-order valence-corrected chi connectivity index (χ4v) is 2.85. The first-order valence-electron chi connectivity index (χ1n) is 6.38. The molecule has 20 heavy (non-hydrogen) atoms. The predicted octanol–water partition coefficient (Wildman–Crippen LogP) is 2.66. The van der Waals surface area contributed by atoms with Crippen LogP contribution in [-0.4, -0.2) is 14.5 Å². The van der Waals surface area contributed by atoms with Gasteiger partial charge in [0.05, 0.1) is 17.5 Å². The van der Waals surface area contributed by atoms with Gasteiger partial charge in [0.1, 0.15) is 17.6 Å². The summed E-state index contributed by atoms with van der Waals surface area (Å²) in [6.45, 7) is 2.77. The Morgan fingerprint density at radius 1 is 1.45 bits per heavy atom. The molecule has 104 valence electrons. The van der Waals surface area contributed by atoms with Crippen LogP contribution in [0.4, 0.5) is 0 Å². The van der Waals surface area contributed by atoms with Crippen LogP contribution in [0.5, 0.6) is 0 Å². The Kier molecular flexibility index (Phi) is 3.66. The van der Waals surface area contributed by atoms with E-state index in [1.165, 1.54) is 4.88 Å². The van der Waals surface area contributed by atoms with Crippen molar-refractivity contribution in [3.05, 3.63) is 58.5 Å². The number of nitrogens with one attached hydrogen (secondary N) is 1. The molecule has 0 aliphatic rings. The Hall–Kier alpha value is -1.92. The maximum absolute atomic E-state index is 5.55. The Morgan fingerprint density at radius 3 is 2.95 bits per heavy atom. The second-order valence-electron chi connectivity index (χ2n) is 4.59. The van der Waals surface area contributed by atoms with E-state index in [-0.39, 0.29) is 6.04 Å². The summed E-state index contributed by atoms with van der Waals surface area (Å²) in [5.41, 5.74) is 2.94. The van der Waals surface area contributed by atoms with Crippen LogP contribution in [0.15, 0.2) is 40.7 Å². The molecule has 0 radical (unpaired) electrons. The molecule has 5 nitrogen and oxygen atoms in total. The van der Waals surface area contributed by atoms with Gasteiger partial charge in [-0.3, -0.25) is 5.32 Å². The highest BCUT2D eigenvalue weighted by Crippen LogP contribution is 2.22. The summed E-state index contributed by atoms with van der Waals surface area (Å²) in [7, 11) is 1.98. The molecule has 3 heterocycles. The van der Waals surface area contributed by atoms with Gasteiger partial charge in [0, 0.05) is 30.9 Å². The average Bonchev–Trinajstić information content (AvgIpc) is 3.15. The first kappa shape index (κ1) is 13.1. The minimum absolute atomic E-state index is 0.0634. The average molecular weight is 288 g/mol. The van der Waals surface area contributed by atoms with Gasteiger partial charge in [0.2, 0.25) is 0 Å². The van der Waals surface area contributed by atoms with Crippen LogP contribution in [0.25, 0.3) is 0 Å². The molecule has 3 aromatic rings. The molecule has 0 aromatic carbocycles. The molecule has 0 saturated heterocycles. The first-order chi connectivity index (χ1) is 9.75. The molecular weight excluding hydrogens is 272 g/mol.